The SMILES string of the molecule is CC1(C)OB(c2cnn(CC3CCN(C(=O)[O-])CC3)c2)OC1(C)C. The number of hydrogen-bond donors (Lipinski definition) is 0. The molecule has 0 bridgehead atoms. The number of carboxylic acid groups (broad SMARTS) is 1. The first-order chi connectivity index (χ1) is 11.2. The van der Waals surface area contributed by atoms with E-state index in [0.29, 0.717) is 19.0 Å². The van der Waals surface area contributed by atoms with Crippen molar-refractivity contribution < 1.29 is 19.2 Å². The van der Waals surface area contributed by atoms with Gasteiger partial charge in [-0.05, 0) is 46.5 Å². The summed E-state index contributed by atoms with van der Waals surface area (Å²) in [6.07, 6.45) is 4.35. The lowest BCUT2D eigenvalue weighted by Gasteiger charge is -2.33. The fourth-order valence-electron chi connectivity index (χ4n) is 3.14. The Morgan fingerprint density at radius 2 is 1.88 bits per heavy atom. The van der Waals surface area contributed by atoms with Crippen LogP contribution in [0.3, 0.4) is 0 Å². The van der Waals surface area contributed by atoms with Gasteiger partial charge in [0.15, 0.2) is 0 Å². The Bertz CT molecular complexity index is 592. The summed E-state index contributed by atoms with van der Waals surface area (Å²) in [7, 11) is -0.399. The molecule has 0 aliphatic carbocycles. The van der Waals surface area contributed by atoms with Crippen LogP contribution in [-0.4, -0.2) is 52.2 Å². The minimum absolute atomic E-state index is 0.364. The molecule has 2 aliphatic heterocycles. The lowest BCUT2D eigenvalue weighted by Crippen LogP contribution is -2.46. The van der Waals surface area contributed by atoms with Crippen molar-refractivity contribution in [3.63, 3.8) is 0 Å². The smallest absolute Gasteiger partial charge is 0.498 e. The first kappa shape index (κ1) is 17.3. The van der Waals surface area contributed by atoms with Crippen LogP contribution in [0, 0.1) is 5.92 Å². The number of likely N-dealkylation sites (tertiary alicyclic amines) is 1. The monoisotopic (exact) mass is 334 g/mol. The van der Waals surface area contributed by atoms with E-state index in [4.69, 9.17) is 9.31 Å². The van der Waals surface area contributed by atoms with Gasteiger partial charge in [-0.3, -0.25) is 4.68 Å². The Hall–Kier alpha value is -1.54. The van der Waals surface area contributed by atoms with Crippen molar-refractivity contribution in [3.05, 3.63) is 12.4 Å². The zero-order valence-corrected chi connectivity index (χ0v) is 14.8. The molecule has 1 aromatic rings. The molecular formula is C16H25BN3O4-. The molecule has 0 aromatic carbocycles. The summed E-state index contributed by atoms with van der Waals surface area (Å²) in [6.45, 7) is 9.98. The Kier molecular flexibility index (Phi) is 4.38. The molecule has 2 aliphatic rings. The van der Waals surface area contributed by atoms with Gasteiger partial charge in [-0.2, -0.15) is 5.10 Å². The minimum atomic E-state index is -1.07. The number of carbonyl (C=O) groups is 1. The number of aromatic nitrogens is 2. The van der Waals surface area contributed by atoms with Crippen LogP contribution >= 0.6 is 0 Å². The first-order valence-electron chi connectivity index (χ1n) is 8.52. The quantitative estimate of drug-likeness (QED) is 0.740. The van der Waals surface area contributed by atoms with Crippen molar-refractivity contribution in [2.75, 3.05) is 13.1 Å². The van der Waals surface area contributed by atoms with Crippen molar-refractivity contribution in [2.45, 2.75) is 58.3 Å². The van der Waals surface area contributed by atoms with E-state index >= 15 is 0 Å². The number of rotatable bonds is 3. The second-order valence-corrected chi connectivity index (χ2v) is 7.78. The molecule has 7 nitrogen and oxygen atoms in total. The summed E-state index contributed by atoms with van der Waals surface area (Å²) >= 11 is 0. The van der Waals surface area contributed by atoms with Crippen LogP contribution in [0.4, 0.5) is 4.79 Å². The Labute approximate surface area is 143 Å². The van der Waals surface area contributed by atoms with Crippen molar-refractivity contribution >= 4 is 18.7 Å². The number of piperidine rings is 1. The molecule has 1 amide bonds. The highest BCUT2D eigenvalue weighted by molar-refractivity contribution is 6.61. The lowest BCUT2D eigenvalue weighted by atomic mass is 9.82. The predicted octanol–water partition coefficient (Wildman–Crippen LogP) is 0.238. The van der Waals surface area contributed by atoms with Crippen LogP contribution in [0.2, 0.25) is 0 Å². The summed E-state index contributed by atoms with van der Waals surface area (Å²) in [5.74, 6) is 0.423. The van der Waals surface area contributed by atoms with Gasteiger partial charge in [-0.1, -0.05) is 0 Å². The largest absolute Gasteiger partial charge is 0.530 e. The fourth-order valence-corrected chi connectivity index (χ4v) is 3.14. The van der Waals surface area contributed by atoms with E-state index in [-0.39, 0.29) is 11.2 Å². The molecule has 2 fully saturated rings. The molecule has 0 spiro atoms. The molecular weight excluding hydrogens is 309 g/mol. The molecule has 3 rings (SSSR count). The van der Waals surface area contributed by atoms with Crippen molar-refractivity contribution in [1.29, 1.82) is 0 Å². The molecule has 132 valence electrons. The van der Waals surface area contributed by atoms with E-state index < -0.39 is 13.2 Å². The summed E-state index contributed by atoms with van der Waals surface area (Å²) in [4.78, 5) is 12.2. The van der Waals surface area contributed by atoms with Gasteiger partial charge in [0.05, 0.1) is 11.2 Å². The van der Waals surface area contributed by atoms with Gasteiger partial charge in [0, 0.05) is 37.5 Å². The molecule has 0 saturated carbocycles. The average Bonchev–Trinajstić information content (AvgIpc) is 3.02. The third-order valence-electron chi connectivity index (χ3n) is 5.50. The van der Waals surface area contributed by atoms with Gasteiger partial charge < -0.3 is 24.1 Å². The van der Waals surface area contributed by atoms with Gasteiger partial charge in [0.25, 0.3) is 0 Å². The van der Waals surface area contributed by atoms with E-state index in [1.807, 2.05) is 38.6 Å². The van der Waals surface area contributed by atoms with Gasteiger partial charge in [-0.25, -0.2) is 0 Å². The predicted molar refractivity (Wildman–Crippen MR) is 87.6 cm³/mol. The fraction of sp³-hybridized carbons (Fsp3) is 0.750. The highest BCUT2D eigenvalue weighted by atomic mass is 16.7. The van der Waals surface area contributed by atoms with Gasteiger partial charge in [0.1, 0.15) is 6.09 Å². The Morgan fingerprint density at radius 3 is 2.42 bits per heavy atom. The molecule has 0 N–H and O–H groups in total. The Morgan fingerprint density at radius 1 is 1.29 bits per heavy atom. The zero-order chi connectivity index (χ0) is 17.5. The molecule has 3 heterocycles. The molecule has 0 atom stereocenters. The molecule has 1 aromatic heterocycles. The maximum atomic E-state index is 10.8. The minimum Gasteiger partial charge on any atom is -0.530 e. The van der Waals surface area contributed by atoms with E-state index in [9.17, 15) is 9.90 Å². The topological polar surface area (TPSA) is 79.7 Å². The van der Waals surface area contributed by atoms with Crippen LogP contribution in [0.15, 0.2) is 12.4 Å². The maximum Gasteiger partial charge on any atom is 0.498 e. The molecule has 24 heavy (non-hydrogen) atoms. The summed E-state index contributed by atoms with van der Waals surface area (Å²) in [5, 5.41) is 15.3. The molecule has 8 heteroatoms. The summed E-state index contributed by atoms with van der Waals surface area (Å²) in [5.41, 5.74) is 0.190. The lowest BCUT2D eigenvalue weighted by molar-refractivity contribution is -0.266. The van der Waals surface area contributed by atoms with E-state index in [1.165, 1.54) is 4.90 Å². The van der Waals surface area contributed by atoms with Crippen LogP contribution in [0.1, 0.15) is 40.5 Å². The third kappa shape index (κ3) is 3.30. The third-order valence-corrected chi connectivity index (χ3v) is 5.50. The summed E-state index contributed by atoms with van der Waals surface area (Å²) in [6, 6.07) is 0. The maximum absolute atomic E-state index is 10.8. The van der Waals surface area contributed by atoms with Crippen LogP contribution in [0.5, 0.6) is 0 Å². The van der Waals surface area contributed by atoms with E-state index in [2.05, 4.69) is 5.10 Å². The second-order valence-electron chi connectivity index (χ2n) is 7.78. The molecule has 2 saturated heterocycles. The van der Waals surface area contributed by atoms with Crippen molar-refractivity contribution in [2.24, 2.45) is 5.92 Å². The van der Waals surface area contributed by atoms with Gasteiger partial charge >= 0.3 is 7.12 Å². The summed E-state index contributed by atoms with van der Waals surface area (Å²) < 4.78 is 14.0. The normalized spacial score (nSPS) is 23.7. The first-order valence-corrected chi connectivity index (χ1v) is 8.52. The van der Waals surface area contributed by atoms with Crippen LogP contribution < -0.4 is 10.6 Å². The molecule has 0 radical (unpaired) electrons. The number of hydrogen-bond acceptors (Lipinski definition) is 5. The van der Waals surface area contributed by atoms with Gasteiger partial charge in [-0.15, -0.1) is 0 Å². The number of nitrogens with zero attached hydrogens (tertiary/aromatic N) is 3. The zero-order valence-electron chi connectivity index (χ0n) is 14.8. The molecule has 0 unspecified atom stereocenters. The van der Waals surface area contributed by atoms with Crippen molar-refractivity contribution in [3.8, 4) is 0 Å². The highest BCUT2D eigenvalue weighted by Crippen LogP contribution is 2.36. The number of carbonyl (C=O) groups excluding carboxylic acids is 1. The average molecular weight is 334 g/mol. The standard InChI is InChI=1S/C16H26BN3O4/c1-15(2)16(3,4)24-17(23-15)13-9-18-20(11-13)10-12-5-7-19(8-6-12)14(21)22/h9,11-12H,5-8,10H2,1-4H3,(H,21,22)/p-1. The van der Waals surface area contributed by atoms with E-state index in [1.54, 1.807) is 6.20 Å². The van der Waals surface area contributed by atoms with E-state index in [0.717, 1.165) is 24.8 Å². The van der Waals surface area contributed by atoms with Crippen LogP contribution in [0.25, 0.3) is 0 Å². The van der Waals surface area contributed by atoms with Gasteiger partial charge in [0.2, 0.25) is 0 Å². The number of amides is 1. The Balaban J connectivity index is 1.58. The van der Waals surface area contributed by atoms with Crippen LogP contribution in [-0.2, 0) is 15.9 Å². The van der Waals surface area contributed by atoms with Crippen molar-refractivity contribution in [1.82, 2.24) is 14.7 Å². The second kappa shape index (κ2) is 6.08. The highest BCUT2D eigenvalue weighted by Gasteiger charge is 2.52.